The van der Waals surface area contributed by atoms with Crippen LogP contribution in [0.3, 0.4) is 0 Å². The molecule has 3 heterocycles. The fourth-order valence-electron chi connectivity index (χ4n) is 4.56. The highest BCUT2D eigenvalue weighted by molar-refractivity contribution is 6.32. The molecule has 182 valence electrons. The molecule has 0 atom stereocenters. The van der Waals surface area contributed by atoms with E-state index in [-0.39, 0.29) is 0 Å². The number of nitrogens with one attached hydrogen (secondary N) is 1. The maximum atomic E-state index is 6.59. The summed E-state index contributed by atoms with van der Waals surface area (Å²) in [5.41, 5.74) is 5.15. The summed E-state index contributed by atoms with van der Waals surface area (Å²) >= 11 is 12.8. The smallest absolute Gasteiger partial charge is 0.121 e. The van der Waals surface area contributed by atoms with Crippen LogP contribution >= 0.6 is 23.2 Å². The molecule has 8 heteroatoms. The summed E-state index contributed by atoms with van der Waals surface area (Å²) in [5, 5.41) is 7.74. The van der Waals surface area contributed by atoms with Crippen molar-refractivity contribution >= 4 is 73.0 Å². The van der Waals surface area contributed by atoms with E-state index in [0.717, 1.165) is 55.5 Å². The Kier molecular flexibility index (Phi) is 6.12. The van der Waals surface area contributed by atoms with E-state index in [1.165, 1.54) is 0 Å². The van der Waals surface area contributed by atoms with Gasteiger partial charge in [-0.15, -0.1) is 0 Å². The molecule has 0 aliphatic heterocycles. The summed E-state index contributed by atoms with van der Waals surface area (Å²) in [6.45, 7) is 0.408. The zero-order valence-electron chi connectivity index (χ0n) is 19.8. The van der Waals surface area contributed by atoms with Crippen molar-refractivity contribution in [1.82, 2.24) is 15.0 Å². The van der Waals surface area contributed by atoms with E-state index in [1.807, 2.05) is 72.8 Å². The van der Waals surface area contributed by atoms with Crippen molar-refractivity contribution < 1.29 is 4.74 Å². The molecule has 0 unspecified atom stereocenters. The Bertz CT molecular complexity index is 1780. The number of hydrogen-bond acceptors (Lipinski definition) is 6. The molecule has 3 aromatic carbocycles. The topological polar surface area (TPSA) is 63.2 Å². The van der Waals surface area contributed by atoms with Crippen LogP contribution in [0.15, 0.2) is 91.4 Å². The molecule has 6 rings (SSSR count). The highest BCUT2D eigenvalue weighted by Gasteiger charge is 2.19. The molecule has 0 saturated carbocycles. The van der Waals surface area contributed by atoms with Crippen LogP contribution in [0.1, 0.15) is 0 Å². The first-order chi connectivity index (χ1) is 18.1. The van der Waals surface area contributed by atoms with E-state index in [0.29, 0.717) is 16.7 Å². The molecule has 37 heavy (non-hydrogen) atoms. The molecule has 3 aromatic heterocycles. The summed E-state index contributed by atoms with van der Waals surface area (Å²) in [6.07, 6.45) is 5.33. The van der Waals surface area contributed by atoms with Gasteiger partial charge in [0.1, 0.15) is 5.75 Å². The van der Waals surface area contributed by atoms with E-state index in [2.05, 4.69) is 20.2 Å². The Morgan fingerprint density at radius 1 is 0.757 bits per heavy atom. The van der Waals surface area contributed by atoms with Crippen LogP contribution in [0.4, 0.5) is 17.1 Å². The lowest BCUT2D eigenvalue weighted by atomic mass is 10.1. The molecule has 0 aliphatic carbocycles. The van der Waals surface area contributed by atoms with Gasteiger partial charge in [0.2, 0.25) is 0 Å². The Hall–Kier alpha value is -4.13. The summed E-state index contributed by atoms with van der Waals surface area (Å²) < 4.78 is 5.66. The predicted octanol–water partition coefficient (Wildman–Crippen LogP) is 7.85. The molecule has 0 fully saturated rings. The molecular formula is C29H21Cl2N5O. The SMILES string of the molecule is COc1cc(N(CNc2ccnc3cc(Cl)ccc23)c2cc(Cl)cc3ncccc23)c2ncccc2c1. The second-order valence-electron chi connectivity index (χ2n) is 8.50. The van der Waals surface area contributed by atoms with Gasteiger partial charge < -0.3 is 15.0 Å². The maximum Gasteiger partial charge on any atom is 0.121 e. The number of ether oxygens (including phenoxy) is 1. The number of hydrogen-bond donors (Lipinski definition) is 1. The van der Waals surface area contributed by atoms with E-state index >= 15 is 0 Å². The lowest BCUT2D eigenvalue weighted by Gasteiger charge is -2.28. The first-order valence-electron chi connectivity index (χ1n) is 11.6. The lowest BCUT2D eigenvalue weighted by Crippen LogP contribution is -2.25. The molecule has 0 spiro atoms. The highest BCUT2D eigenvalue weighted by atomic mass is 35.5. The predicted molar refractivity (Wildman–Crippen MR) is 152 cm³/mol. The normalized spacial score (nSPS) is 11.2. The van der Waals surface area contributed by atoms with Gasteiger partial charge in [-0.1, -0.05) is 29.3 Å². The average Bonchev–Trinajstić information content (AvgIpc) is 2.92. The third kappa shape index (κ3) is 4.46. The number of rotatable bonds is 6. The van der Waals surface area contributed by atoms with Gasteiger partial charge in [-0.25, -0.2) is 0 Å². The number of aromatic nitrogens is 3. The number of methoxy groups -OCH3 is 1. The van der Waals surface area contributed by atoms with Crippen LogP contribution in [0, 0.1) is 0 Å². The van der Waals surface area contributed by atoms with Crippen molar-refractivity contribution in [2.45, 2.75) is 0 Å². The Balaban J connectivity index is 1.54. The fourth-order valence-corrected chi connectivity index (χ4v) is 4.94. The molecule has 6 nitrogen and oxygen atoms in total. The Morgan fingerprint density at radius 3 is 2.43 bits per heavy atom. The van der Waals surface area contributed by atoms with Gasteiger partial charge in [0.25, 0.3) is 0 Å². The van der Waals surface area contributed by atoms with Crippen LogP contribution < -0.4 is 15.0 Å². The van der Waals surface area contributed by atoms with Crippen molar-refractivity contribution in [1.29, 1.82) is 0 Å². The van der Waals surface area contributed by atoms with Crippen molar-refractivity contribution in [3.8, 4) is 5.75 Å². The third-order valence-electron chi connectivity index (χ3n) is 6.27. The number of anilines is 3. The third-order valence-corrected chi connectivity index (χ3v) is 6.72. The highest BCUT2D eigenvalue weighted by Crippen LogP contribution is 2.39. The number of benzene rings is 3. The van der Waals surface area contributed by atoms with Crippen molar-refractivity contribution in [2.24, 2.45) is 0 Å². The van der Waals surface area contributed by atoms with Crippen LogP contribution in [0.2, 0.25) is 10.0 Å². The second-order valence-corrected chi connectivity index (χ2v) is 9.37. The van der Waals surface area contributed by atoms with Crippen LogP contribution in [0.5, 0.6) is 5.75 Å². The summed E-state index contributed by atoms with van der Waals surface area (Å²) in [7, 11) is 1.66. The molecule has 6 aromatic rings. The van der Waals surface area contributed by atoms with Gasteiger partial charge in [-0.3, -0.25) is 15.0 Å². The minimum absolute atomic E-state index is 0.408. The van der Waals surface area contributed by atoms with Crippen molar-refractivity contribution in [2.75, 3.05) is 24.0 Å². The lowest BCUT2D eigenvalue weighted by molar-refractivity contribution is 0.415. The van der Waals surface area contributed by atoms with E-state index in [4.69, 9.17) is 32.9 Å². The van der Waals surface area contributed by atoms with E-state index < -0.39 is 0 Å². The summed E-state index contributed by atoms with van der Waals surface area (Å²) in [4.78, 5) is 15.9. The Morgan fingerprint density at radius 2 is 1.54 bits per heavy atom. The van der Waals surface area contributed by atoms with Crippen molar-refractivity contribution in [3.63, 3.8) is 0 Å². The first-order valence-corrected chi connectivity index (χ1v) is 12.4. The number of halogens is 2. The van der Waals surface area contributed by atoms with Gasteiger partial charge in [0.05, 0.1) is 41.7 Å². The standard InChI is InChI=1S/C29H21Cl2N5O/c1-37-21-12-18-4-2-10-34-29(18)28(16-21)36(27-15-20(31)14-26-23(27)5-3-9-32-26)17-35-24-8-11-33-25-13-19(30)6-7-22(24)25/h2-16H,17H2,1H3,(H,33,35). The van der Waals surface area contributed by atoms with Gasteiger partial charge in [-0.2, -0.15) is 0 Å². The van der Waals surface area contributed by atoms with Crippen LogP contribution in [-0.2, 0) is 0 Å². The van der Waals surface area contributed by atoms with Gasteiger partial charge in [0.15, 0.2) is 0 Å². The zero-order chi connectivity index (χ0) is 25.4. The minimum atomic E-state index is 0.408. The second kappa shape index (κ2) is 9.73. The first kappa shape index (κ1) is 23.3. The van der Waals surface area contributed by atoms with Gasteiger partial charge >= 0.3 is 0 Å². The zero-order valence-corrected chi connectivity index (χ0v) is 21.3. The molecule has 0 radical (unpaired) electrons. The molecule has 0 aliphatic rings. The molecule has 1 N–H and O–H groups in total. The van der Waals surface area contributed by atoms with Crippen LogP contribution in [-0.4, -0.2) is 28.7 Å². The maximum absolute atomic E-state index is 6.59. The van der Waals surface area contributed by atoms with Crippen LogP contribution in [0.25, 0.3) is 32.7 Å². The van der Waals surface area contributed by atoms with Gasteiger partial charge in [0, 0.05) is 56.5 Å². The summed E-state index contributed by atoms with van der Waals surface area (Å²) in [6, 6.07) is 23.3. The van der Waals surface area contributed by atoms with Crippen molar-refractivity contribution in [3.05, 3.63) is 101 Å². The number of fused-ring (bicyclic) bond motifs is 3. The molecule has 0 saturated heterocycles. The summed E-state index contributed by atoms with van der Waals surface area (Å²) in [5.74, 6) is 0.731. The quantitative estimate of drug-likeness (QED) is 0.223. The molecule has 0 amide bonds. The molecular weight excluding hydrogens is 505 g/mol. The van der Waals surface area contributed by atoms with E-state index in [9.17, 15) is 0 Å². The largest absolute Gasteiger partial charge is 0.497 e. The Labute approximate surface area is 223 Å². The monoisotopic (exact) mass is 525 g/mol. The number of nitrogens with zero attached hydrogens (tertiary/aromatic N) is 4. The van der Waals surface area contributed by atoms with Gasteiger partial charge in [-0.05, 0) is 60.7 Å². The fraction of sp³-hybridized carbons (Fsp3) is 0.0690. The minimum Gasteiger partial charge on any atom is -0.497 e. The average molecular weight is 526 g/mol. The van der Waals surface area contributed by atoms with E-state index in [1.54, 1.807) is 25.7 Å². The number of pyridine rings is 3. The molecule has 0 bridgehead atoms.